The molecule has 4 N–H and O–H groups in total. The molecule has 0 saturated carbocycles. The van der Waals surface area contributed by atoms with Crippen LogP contribution in [0, 0.1) is 0 Å². The molecule has 0 amide bonds. The maximum absolute atomic E-state index is 9.78. The second kappa shape index (κ2) is 6.32. The van der Waals surface area contributed by atoms with E-state index in [9.17, 15) is 15.3 Å². The molecule has 2 aromatic carbocycles. The van der Waals surface area contributed by atoms with Crippen LogP contribution in [0.5, 0.6) is 23.0 Å². The van der Waals surface area contributed by atoms with Gasteiger partial charge in [-0.15, -0.1) is 0 Å². The van der Waals surface area contributed by atoms with Crippen LogP contribution in [0.15, 0.2) is 28.7 Å². The summed E-state index contributed by atoms with van der Waals surface area (Å²) in [7, 11) is 1.53. The van der Waals surface area contributed by atoms with Crippen LogP contribution in [0.4, 0.5) is 5.69 Å². The number of nitrogens with one attached hydrogen (secondary N) is 1. The minimum absolute atomic E-state index is 0.211. The number of phenols is 3. The number of phenolic OH excluding ortho intramolecular Hbond substituents is 3. The van der Waals surface area contributed by atoms with Crippen molar-refractivity contribution in [1.29, 1.82) is 0 Å². The maximum atomic E-state index is 9.78. The summed E-state index contributed by atoms with van der Waals surface area (Å²) in [4.78, 5) is 0. The normalized spacial score (nSPS) is 10.4. The highest BCUT2D eigenvalue weighted by Gasteiger charge is 2.13. The van der Waals surface area contributed by atoms with Crippen molar-refractivity contribution in [2.24, 2.45) is 0 Å². The van der Waals surface area contributed by atoms with Crippen LogP contribution in [0.1, 0.15) is 5.56 Å². The fourth-order valence-electron chi connectivity index (χ4n) is 1.84. The molecule has 0 aromatic heterocycles. The molecular formula is C14H13BrClNO4. The summed E-state index contributed by atoms with van der Waals surface area (Å²) in [5, 5.41) is 32.1. The molecule has 21 heavy (non-hydrogen) atoms. The maximum Gasteiger partial charge on any atom is 0.200 e. The van der Waals surface area contributed by atoms with Gasteiger partial charge in [0.2, 0.25) is 5.75 Å². The van der Waals surface area contributed by atoms with Gasteiger partial charge in [0.15, 0.2) is 17.2 Å². The molecule has 0 radical (unpaired) electrons. The van der Waals surface area contributed by atoms with Gasteiger partial charge in [0.25, 0.3) is 0 Å². The summed E-state index contributed by atoms with van der Waals surface area (Å²) < 4.78 is 5.97. The Hall–Kier alpha value is -1.79. The van der Waals surface area contributed by atoms with Gasteiger partial charge in [-0.1, -0.05) is 11.6 Å². The molecule has 0 heterocycles. The number of methoxy groups -OCH3 is 1. The minimum atomic E-state index is -0.548. The van der Waals surface area contributed by atoms with Gasteiger partial charge in [-0.2, -0.15) is 0 Å². The first kappa shape index (κ1) is 15.6. The summed E-state index contributed by atoms with van der Waals surface area (Å²) in [6.45, 7) is 0.211. The van der Waals surface area contributed by atoms with Crippen molar-refractivity contribution in [1.82, 2.24) is 0 Å². The second-order valence-electron chi connectivity index (χ2n) is 4.26. The predicted octanol–water partition coefficient (Wildman–Crippen LogP) is 3.84. The predicted molar refractivity (Wildman–Crippen MR) is 84.5 cm³/mol. The van der Waals surface area contributed by atoms with Gasteiger partial charge in [0.1, 0.15) is 0 Å². The molecule has 0 bridgehead atoms. The van der Waals surface area contributed by atoms with Crippen LogP contribution in [0.3, 0.4) is 0 Å². The molecule has 2 aromatic rings. The first-order valence-corrected chi connectivity index (χ1v) is 7.10. The lowest BCUT2D eigenvalue weighted by molar-refractivity contribution is 0.365. The average Bonchev–Trinajstić information content (AvgIpc) is 2.43. The Balaban J connectivity index is 2.27. The molecule has 0 fully saturated rings. The molecule has 0 spiro atoms. The number of aromatic hydroxyl groups is 3. The van der Waals surface area contributed by atoms with E-state index in [1.165, 1.54) is 19.2 Å². The van der Waals surface area contributed by atoms with Crippen molar-refractivity contribution in [3.63, 3.8) is 0 Å². The average molecular weight is 375 g/mol. The third kappa shape index (κ3) is 3.28. The molecule has 0 unspecified atom stereocenters. The fraction of sp³-hybridized carbons (Fsp3) is 0.143. The number of hydrogen-bond donors (Lipinski definition) is 4. The zero-order valence-corrected chi connectivity index (χ0v) is 13.4. The van der Waals surface area contributed by atoms with E-state index in [1.807, 2.05) is 0 Å². The Labute approximate surface area is 134 Å². The monoisotopic (exact) mass is 373 g/mol. The summed E-state index contributed by atoms with van der Waals surface area (Å²) in [6, 6.07) is 6.19. The molecule has 112 valence electrons. The van der Waals surface area contributed by atoms with Crippen molar-refractivity contribution in [2.75, 3.05) is 12.4 Å². The molecule has 0 aliphatic heterocycles. The van der Waals surface area contributed by atoms with E-state index in [2.05, 4.69) is 21.2 Å². The van der Waals surface area contributed by atoms with Gasteiger partial charge in [-0.25, -0.2) is 0 Å². The Morgan fingerprint density at radius 3 is 2.57 bits per heavy atom. The van der Waals surface area contributed by atoms with Gasteiger partial charge < -0.3 is 25.4 Å². The lowest BCUT2D eigenvalue weighted by Crippen LogP contribution is -2.02. The van der Waals surface area contributed by atoms with Crippen LogP contribution < -0.4 is 10.1 Å². The minimum Gasteiger partial charge on any atom is -0.504 e. The van der Waals surface area contributed by atoms with Crippen LogP contribution in [-0.2, 0) is 6.54 Å². The van der Waals surface area contributed by atoms with Gasteiger partial charge in [-0.3, -0.25) is 0 Å². The molecule has 5 nitrogen and oxygen atoms in total. The summed E-state index contributed by atoms with van der Waals surface area (Å²) in [6.07, 6.45) is 0. The molecule has 0 aliphatic rings. The van der Waals surface area contributed by atoms with E-state index in [0.29, 0.717) is 26.5 Å². The van der Waals surface area contributed by atoms with Gasteiger partial charge in [0.05, 0.1) is 17.3 Å². The van der Waals surface area contributed by atoms with Crippen molar-refractivity contribution in [3.05, 3.63) is 39.3 Å². The zero-order valence-electron chi connectivity index (χ0n) is 11.0. The Morgan fingerprint density at radius 2 is 1.90 bits per heavy atom. The topological polar surface area (TPSA) is 82.0 Å². The number of ether oxygens (including phenoxy) is 1. The highest BCUT2D eigenvalue weighted by molar-refractivity contribution is 9.10. The summed E-state index contributed by atoms with van der Waals surface area (Å²) >= 11 is 9.34. The van der Waals surface area contributed by atoms with Crippen LogP contribution in [0.25, 0.3) is 0 Å². The molecule has 0 aliphatic carbocycles. The van der Waals surface area contributed by atoms with E-state index < -0.39 is 5.75 Å². The van der Waals surface area contributed by atoms with Gasteiger partial charge >= 0.3 is 0 Å². The van der Waals surface area contributed by atoms with Crippen LogP contribution in [-0.4, -0.2) is 22.4 Å². The Morgan fingerprint density at radius 1 is 1.19 bits per heavy atom. The smallest absolute Gasteiger partial charge is 0.200 e. The van der Waals surface area contributed by atoms with E-state index in [1.54, 1.807) is 12.1 Å². The standard InChI is InChI=1S/C14H13BrClNO4/c1-21-14-9(15)4-8(16)5-10(14)17-6-7-2-3-11(18)13(20)12(7)19/h2-5,17-20H,6H2,1H3. The third-order valence-electron chi connectivity index (χ3n) is 2.90. The summed E-state index contributed by atoms with van der Waals surface area (Å²) in [5.74, 6) is -0.725. The number of benzene rings is 2. The first-order valence-electron chi connectivity index (χ1n) is 5.93. The van der Waals surface area contributed by atoms with E-state index >= 15 is 0 Å². The van der Waals surface area contributed by atoms with Crippen LogP contribution in [0.2, 0.25) is 5.02 Å². The van der Waals surface area contributed by atoms with Crippen molar-refractivity contribution < 1.29 is 20.1 Å². The van der Waals surface area contributed by atoms with Gasteiger partial charge in [-0.05, 0) is 40.2 Å². The number of halogens is 2. The lowest BCUT2D eigenvalue weighted by Gasteiger charge is -2.14. The largest absolute Gasteiger partial charge is 0.504 e. The molecule has 0 saturated heterocycles. The lowest BCUT2D eigenvalue weighted by atomic mass is 10.1. The van der Waals surface area contributed by atoms with Crippen molar-refractivity contribution in [3.8, 4) is 23.0 Å². The quantitative estimate of drug-likeness (QED) is 0.611. The van der Waals surface area contributed by atoms with Crippen molar-refractivity contribution >= 4 is 33.2 Å². The molecule has 0 atom stereocenters. The van der Waals surface area contributed by atoms with E-state index in [-0.39, 0.29) is 18.0 Å². The first-order chi connectivity index (χ1) is 9.93. The van der Waals surface area contributed by atoms with Crippen molar-refractivity contribution in [2.45, 2.75) is 6.54 Å². The highest BCUT2D eigenvalue weighted by Crippen LogP contribution is 2.39. The fourth-order valence-corrected chi connectivity index (χ4v) is 2.82. The highest BCUT2D eigenvalue weighted by atomic mass is 79.9. The second-order valence-corrected chi connectivity index (χ2v) is 5.55. The van der Waals surface area contributed by atoms with E-state index in [4.69, 9.17) is 16.3 Å². The number of anilines is 1. The molecule has 7 heteroatoms. The zero-order chi connectivity index (χ0) is 15.6. The van der Waals surface area contributed by atoms with Crippen LogP contribution >= 0.6 is 27.5 Å². The van der Waals surface area contributed by atoms with E-state index in [0.717, 1.165) is 0 Å². The third-order valence-corrected chi connectivity index (χ3v) is 3.70. The van der Waals surface area contributed by atoms with Gasteiger partial charge in [0, 0.05) is 17.1 Å². The Bertz CT molecular complexity index is 679. The SMILES string of the molecule is COc1c(Br)cc(Cl)cc1NCc1ccc(O)c(O)c1O. The molecular weight excluding hydrogens is 362 g/mol. The summed E-state index contributed by atoms with van der Waals surface area (Å²) in [5.41, 5.74) is 1.05. The Kier molecular flexibility index (Phi) is 4.69. The number of rotatable bonds is 4. The number of hydrogen-bond acceptors (Lipinski definition) is 5. The molecule has 2 rings (SSSR count).